The summed E-state index contributed by atoms with van der Waals surface area (Å²) in [5.41, 5.74) is -0.352. The Morgan fingerprint density at radius 2 is 1.87 bits per heavy atom. The fraction of sp³-hybridized carbons (Fsp3) is 0.400. The van der Waals surface area contributed by atoms with E-state index in [0.717, 1.165) is 0 Å². The standard InChI is InChI=1S/C20H24FN3O5S/c1-20(2,3)23-16(25)9-24(4)18(26)11-29-19(27)15-12-30-17(22-15)10-28-14-7-5-13(21)6-8-14/h5-8,12H,9-11H2,1-4H3,(H,23,25). The molecule has 0 aliphatic heterocycles. The molecule has 10 heteroatoms. The lowest BCUT2D eigenvalue weighted by Crippen LogP contribution is -2.46. The molecule has 162 valence electrons. The van der Waals surface area contributed by atoms with Crippen LogP contribution in [0.25, 0.3) is 0 Å². The highest BCUT2D eigenvalue weighted by Crippen LogP contribution is 2.16. The SMILES string of the molecule is CN(CC(=O)NC(C)(C)C)C(=O)COC(=O)c1csc(COc2ccc(F)cc2)n1. The molecule has 0 aliphatic carbocycles. The van der Waals surface area contributed by atoms with Gasteiger partial charge >= 0.3 is 5.97 Å². The molecule has 1 heterocycles. The van der Waals surface area contributed by atoms with Gasteiger partial charge in [0.25, 0.3) is 5.91 Å². The molecule has 0 radical (unpaired) electrons. The van der Waals surface area contributed by atoms with Gasteiger partial charge in [-0.05, 0) is 45.0 Å². The summed E-state index contributed by atoms with van der Waals surface area (Å²) in [6.07, 6.45) is 0. The smallest absolute Gasteiger partial charge is 0.358 e. The first-order chi connectivity index (χ1) is 14.0. The zero-order chi connectivity index (χ0) is 22.3. The molecule has 0 aliphatic rings. The first kappa shape index (κ1) is 23.3. The summed E-state index contributed by atoms with van der Waals surface area (Å²) in [5.74, 6) is -1.46. The molecule has 1 aromatic carbocycles. The Morgan fingerprint density at radius 1 is 1.20 bits per heavy atom. The number of halogens is 1. The largest absolute Gasteiger partial charge is 0.486 e. The molecule has 0 bridgehead atoms. The summed E-state index contributed by atoms with van der Waals surface area (Å²) < 4.78 is 23.3. The third kappa shape index (κ3) is 7.78. The van der Waals surface area contributed by atoms with Crippen molar-refractivity contribution in [2.75, 3.05) is 20.2 Å². The highest BCUT2D eigenvalue weighted by Gasteiger charge is 2.20. The van der Waals surface area contributed by atoms with E-state index in [4.69, 9.17) is 9.47 Å². The Balaban J connectivity index is 1.78. The van der Waals surface area contributed by atoms with Crippen LogP contribution in [-0.2, 0) is 20.9 Å². The predicted octanol–water partition coefficient (Wildman–Crippen LogP) is 2.39. The van der Waals surface area contributed by atoms with Gasteiger partial charge in [0.1, 0.15) is 23.2 Å². The number of carbonyl (C=O) groups excluding carboxylic acids is 3. The van der Waals surface area contributed by atoms with Crippen molar-refractivity contribution in [3.63, 3.8) is 0 Å². The van der Waals surface area contributed by atoms with Gasteiger partial charge in [0.2, 0.25) is 5.91 Å². The van der Waals surface area contributed by atoms with Crippen LogP contribution in [0.15, 0.2) is 29.6 Å². The van der Waals surface area contributed by atoms with Gasteiger partial charge < -0.3 is 19.7 Å². The quantitative estimate of drug-likeness (QED) is 0.637. The van der Waals surface area contributed by atoms with Crippen molar-refractivity contribution < 1.29 is 28.2 Å². The second kappa shape index (κ2) is 10.1. The fourth-order valence-electron chi connectivity index (χ4n) is 2.22. The summed E-state index contributed by atoms with van der Waals surface area (Å²) in [5, 5.41) is 4.76. The number of likely N-dealkylation sites (N-methyl/N-ethyl adjacent to an activating group) is 1. The Kier molecular flexibility index (Phi) is 7.87. The van der Waals surface area contributed by atoms with E-state index >= 15 is 0 Å². The highest BCUT2D eigenvalue weighted by molar-refractivity contribution is 7.09. The number of esters is 1. The van der Waals surface area contributed by atoms with Crippen molar-refractivity contribution in [1.29, 1.82) is 0 Å². The van der Waals surface area contributed by atoms with Crippen molar-refractivity contribution in [2.24, 2.45) is 0 Å². The number of aromatic nitrogens is 1. The van der Waals surface area contributed by atoms with Gasteiger partial charge in [-0.1, -0.05) is 0 Å². The van der Waals surface area contributed by atoms with Crippen LogP contribution in [0.4, 0.5) is 4.39 Å². The maximum absolute atomic E-state index is 12.9. The average Bonchev–Trinajstić information content (AvgIpc) is 3.13. The molecule has 0 spiro atoms. The first-order valence-corrected chi connectivity index (χ1v) is 9.96. The Bertz CT molecular complexity index is 893. The number of hydrogen-bond acceptors (Lipinski definition) is 7. The van der Waals surface area contributed by atoms with Crippen molar-refractivity contribution >= 4 is 29.1 Å². The molecule has 0 saturated heterocycles. The lowest BCUT2D eigenvalue weighted by Gasteiger charge is -2.23. The molecule has 30 heavy (non-hydrogen) atoms. The van der Waals surface area contributed by atoms with Gasteiger partial charge in [-0.3, -0.25) is 9.59 Å². The Morgan fingerprint density at radius 3 is 2.50 bits per heavy atom. The van der Waals surface area contributed by atoms with Gasteiger partial charge in [-0.15, -0.1) is 11.3 Å². The summed E-state index contributed by atoms with van der Waals surface area (Å²) in [6, 6.07) is 5.53. The van der Waals surface area contributed by atoms with Crippen LogP contribution >= 0.6 is 11.3 Å². The molecule has 1 N–H and O–H groups in total. The van der Waals surface area contributed by atoms with Crippen LogP contribution in [0.1, 0.15) is 36.3 Å². The monoisotopic (exact) mass is 437 g/mol. The zero-order valence-electron chi connectivity index (χ0n) is 17.2. The highest BCUT2D eigenvalue weighted by atomic mass is 32.1. The Labute approximate surface area is 178 Å². The van der Waals surface area contributed by atoms with E-state index in [2.05, 4.69) is 10.3 Å². The number of hydrogen-bond donors (Lipinski definition) is 1. The number of carbonyl (C=O) groups is 3. The number of thiazole rings is 1. The number of rotatable bonds is 8. The van der Waals surface area contributed by atoms with E-state index < -0.39 is 24.0 Å². The molecule has 8 nitrogen and oxygen atoms in total. The molecular formula is C20H24FN3O5S. The fourth-order valence-corrected chi connectivity index (χ4v) is 2.89. The number of amides is 2. The molecule has 2 amide bonds. The van der Waals surface area contributed by atoms with E-state index in [1.54, 1.807) is 0 Å². The third-order valence-corrected chi connectivity index (χ3v) is 4.41. The molecular weight excluding hydrogens is 413 g/mol. The lowest BCUT2D eigenvalue weighted by atomic mass is 10.1. The molecule has 0 unspecified atom stereocenters. The number of nitrogens with zero attached hydrogens (tertiary/aromatic N) is 2. The van der Waals surface area contributed by atoms with Crippen LogP contribution in [0.5, 0.6) is 5.75 Å². The molecule has 1 aromatic heterocycles. The van der Waals surface area contributed by atoms with Gasteiger partial charge in [0, 0.05) is 18.0 Å². The predicted molar refractivity (Wildman–Crippen MR) is 109 cm³/mol. The van der Waals surface area contributed by atoms with Crippen molar-refractivity contribution in [3.8, 4) is 5.75 Å². The lowest BCUT2D eigenvalue weighted by molar-refractivity contribution is -0.137. The van der Waals surface area contributed by atoms with Gasteiger partial charge in [0.05, 0.1) is 6.54 Å². The second-order valence-electron chi connectivity index (χ2n) is 7.49. The average molecular weight is 437 g/mol. The van der Waals surface area contributed by atoms with Crippen LogP contribution in [0, 0.1) is 5.82 Å². The first-order valence-electron chi connectivity index (χ1n) is 9.08. The molecule has 0 saturated carbocycles. The van der Waals surface area contributed by atoms with E-state index in [1.165, 1.54) is 52.9 Å². The van der Waals surface area contributed by atoms with Crippen molar-refractivity contribution in [1.82, 2.24) is 15.2 Å². The Hall–Kier alpha value is -3.01. The minimum atomic E-state index is -0.750. The van der Waals surface area contributed by atoms with Gasteiger partial charge in [0.15, 0.2) is 12.3 Å². The minimum absolute atomic E-state index is 0.0543. The second-order valence-corrected chi connectivity index (χ2v) is 8.44. The van der Waals surface area contributed by atoms with Crippen LogP contribution in [0.3, 0.4) is 0 Å². The maximum atomic E-state index is 12.9. The van der Waals surface area contributed by atoms with E-state index in [-0.39, 0.29) is 30.6 Å². The van der Waals surface area contributed by atoms with Crippen molar-refractivity contribution in [3.05, 3.63) is 46.2 Å². The normalized spacial score (nSPS) is 11.0. The number of ether oxygens (including phenoxy) is 2. The molecule has 0 fully saturated rings. The summed E-state index contributed by atoms with van der Waals surface area (Å²) in [6.45, 7) is 4.96. The minimum Gasteiger partial charge on any atom is -0.486 e. The molecule has 0 atom stereocenters. The van der Waals surface area contributed by atoms with Crippen molar-refractivity contribution in [2.45, 2.75) is 32.9 Å². The topological polar surface area (TPSA) is 97.8 Å². The zero-order valence-corrected chi connectivity index (χ0v) is 18.0. The summed E-state index contributed by atoms with van der Waals surface area (Å²) in [4.78, 5) is 41.3. The summed E-state index contributed by atoms with van der Waals surface area (Å²) in [7, 11) is 1.45. The molecule has 2 rings (SSSR count). The van der Waals surface area contributed by atoms with Gasteiger partial charge in [-0.2, -0.15) is 0 Å². The molecule has 2 aromatic rings. The van der Waals surface area contributed by atoms with Gasteiger partial charge in [-0.25, -0.2) is 14.2 Å². The van der Waals surface area contributed by atoms with Crippen LogP contribution in [-0.4, -0.2) is 53.4 Å². The number of nitrogens with one attached hydrogen (secondary N) is 1. The number of benzene rings is 1. The third-order valence-electron chi connectivity index (χ3n) is 3.58. The van der Waals surface area contributed by atoms with E-state index in [1.807, 2.05) is 20.8 Å². The van der Waals surface area contributed by atoms with Crippen LogP contribution in [0.2, 0.25) is 0 Å². The van der Waals surface area contributed by atoms with E-state index in [9.17, 15) is 18.8 Å². The van der Waals surface area contributed by atoms with Crippen LogP contribution < -0.4 is 10.1 Å². The van der Waals surface area contributed by atoms with E-state index in [0.29, 0.717) is 10.8 Å². The maximum Gasteiger partial charge on any atom is 0.358 e. The summed E-state index contributed by atoms with van der Waals surface area (Å²) >= 11 is 1.20.